The lowest BCUT2D eigenvalue weighted by atomic mass is 10.1. The molecule has 0 unspecified atom stereocenters. The quantitative estimate of drug-likeness (QED) is 0.682. The summed E-state index contributed by atoms with van der Waals surface area (Å²) in [5, 5.41) is 17.2. The van der Waals surface area contributed by atoms with E-state index in [1.807, 2.05) is 0 Å². The van der Waals surface area contributed by atoms with Crippen LogP contribution in [0.1, 0.15) is 26.3 Å². The molecule has 0 saturated carbocycles. The summed E-state index contributed by atoms with van der Waals surface area (Å²) >= 11 is 0. The zero-order chi connectivity index (χ0) is 9.84. The topological polar surface area (TPSA) is 78.2 Å². The molecule has 0 aliphatic rings. The van der Waals surface area contributed by atoms with Crippen LogP contribution in [0.25, 0.3) is 0 Å². The van der Waals surface area contributed by atoms with Crippen LogP contribution in [0.2, 0.25) is 0 Å². The first-order chi connectivity index (χ1) is 6.19. The number of nitriles is 1. The maximum Gasteiger partial charge on any atom is 0.337 e. The third kappa shape index (κ3) is 1.71. The number of hydrogen-bond donors (Lipinski definition) is 1. The fraction of sp³-hybridized carbons (Fsp3) is 0. The van der Waals surface area contributed by atoms with Gasteiger partial charge in [-0.2, -0.15) is 5.26 Å². The highest BCUT2D eigenvalue weighted by Crippen LogP contribution is 2.09. The fourth-order valence-corrected chi connectivity index (χ4v) is 0.910. The predicted molar refractivity (Wildman–Crippen MR) is 43.5 cm³/mol. The number of rotatable bonds is 2. The Hall–Kier alpha value is -2.15. The zero-order valence-corrected chi connectivity index (χ0v) is 6.52. The maximum atomic E-state index is 10.6. The largest absolute Gasteiger partial charge is 0.478 e. The number of benzene rings is 1. The van der Waals surface area contributed by atoms with Gasteiger partial charge in [-0.15, -0.1) is 0 Å². The highest BCUT2D eigenvalue weighted by Gasteiger charge is 2.09. The Kier molecular flexibility index (Phi) is 2.41. The minimum Gasteiger partial charge on any atom is -0.478 e. The summed E-state index contributed by atoms with van der Waals surface area (Å²) < 4.78 is 0. The van der Waals surface area contributed by atoms with E-state index in [2.05, 4.69) is 0 Å². The summed E-state index contributed by atoms with van der Waals surface area (Å²) in [6.45, 7) is 0. The van der Waals surface area contributed by atoms with Crippen LogP contribution in [-0.4, -0.2) is 17.4 Å². The van der Waals surface area contributed by atoms with Crippen molar-refractivity contribution in [2.24, 2.45) is 0 Å². The molecular formula is C9H5NO3. The van der Waals surface area contributed by atoms with E-state index in [0.717, 1.165) is 0 Å². The van der Waals surface area contributed by atoms with Crippen molar-refractivity contribution in [3.05, 3.63) is 34.9 Å². The molecular weight excluding hydrogens is 170 g/mol. The molecule has 0 spiro atoms. The standard InChI is InChI=1S/C9H5NO3/c10-4-7-2-1-6(5-11)3-8(7)9(12)13/h1-3,5H,(H,12,13). The van der Waals surface area contributed by atoms with E-state index in [1.54, 1.807) is 6.07 Å². The molecule has 13 heavy (non-hydrogen) atoms. The molecule has 0 amide bonds. The minimum absolute atomic E-state index is 0.0538. The molecule has 0 aliphatic carbocycles. The van der Waals surface area contributed by atoms with Crippen molar-refractivity contribution in [2.75, 3.05) is 0 Å². The van der Waals surface area contributed by atoms with Gasteiger partial charge >= 0.3 is 5.97 Å². The van der Waals surface area contributed by atoms with Crippen molar-refractivity contribution in [1.29, 1.82) is 5.26 Å². The first kappa shape index (κ1) is 8.94. The smallest absolute Gasteiger partial charge is 0.337 e. The molecule has 1 N–H and O–H groups in total. The van der Waals surface area contributed by atoms with Crippen molar-refractivity contribution >= 4 is 12.3 Å². The Morgan fingerprint density at radius 3 is 2.69 bits per heavy atom. The van der Waals surface area contributed by atoms with Crippen LogP contribution in [0.3, 0.4) is 0 Å². The third-order valence-electron chi connectivity index (χ3n) is 1.53. The molecule has 0 radical (unpaired) electrons. The molecule has 64 valence electrons. The van der Waals surface area contributed by atoms with E-state index in [1.165, 1.54) is 18.2 Å². The number of aldehydes is 1. The highest BCUT2D eigenvalue weighted by atomic mass is 16.4. The summed E-state index contributed by atoms with van der Waals surface area (Å²) in [5.41, 5.74) is 0.154. The Balaban J connectivity index is 3.36. The number of nitrogens with zero attached hydrogens (tertiary/aromatic N) is 1. The number of carboxylic acid groups (broad SMARTS) is 1. The molecule has 1 aromatic rings. The SMILES string of the molecule is N#Cc1ccc(C=O)cc1C(=O)O. The first-order valence-electron chi connectivity index (χ1n) is 3.41. The van der Waals surface area contributed by atoms with Crippen molar-refractivity contribution in [3.63, 3.8) is 0 Å². The maximum absolute atomic E-state index is 10.6. The summed E-state index contributed by atoms with van der Waals surface area (Å²) in [5.74, 6) is -1.21. The van der Waals surface area contributed by atoms with E-state index >= 15 is 0 Å². The van der Waals surface area contributed by atoms with E-state index < -0.39 is 5.97 Å². The van der Waals surface area contributed by atoms with Gasteiger partial charge in [0.1, 0.15) is 12.4 Å². The molecule has 4 nitrogen and oxygen atoms in total. The second-order valence-electron chi connectivity index (χ2n) is 2.34. The second-order valence-corrected chi connectivity index (χ2v) is 2.34. The third-order valence-corrected chi connectivity index (χ3v) is 1.53. The summed E-state index contributed by atoms with van der Waals surface area (Å²) in [6.07, 6.45) is 0.535. The van der Waals surface area contributed by atoms with Gasteiger partial charge in [-0.1, -0.05) is 6.07 Å². The number of aromatic carboxylic acids is 1. The number of carbonyl (C=O) groups excluding carboxylic acids is 1. The average molecular weight is 175 g/mol. The van der Waals surface area contributed by atoms with Crippen molar-refractivity contribution in [1.82, 2.24) is 0 Å². The Morgan fingerprint density at radius 1 is 1.54 bits per heavy atom. The summed E-state index contributed by atoms with van der Waals surface area (Å²) in [6, 6.07) is 5.62. The molecule has 1 rings (SSSR count). The molecule has 0 aromatic heterocycles. The zero-order valence-electron chi connectivity index (χ0n) is 6.52. The van der Waals surface area contributed by atoms with Crippen LogP contribution in [0.5, 0.6) is 0 Å². The molecule has 0 atom stereocenters. The van der Waals surface area contributed by atoms with Gasteiger partial charge in [0.25, 0.3) is 0 Å². The lowest BCUT2D eigenvalue weighted by Gasteiger charge is -1.97. The summed E-state index contributed by atoms with van der Waals surface area (Å²) in [4.78, 5) is 20.9. The van der Waals surface area contributed by atoms with Crippen LogP contribution >= 0.6 is 0 Å². The molecule has 0 saturated heterocycles. The number of hydrogen-bond acceptors (Lipinski definition) is 3. The van der Waals surface area contributed by atoms with Gasteiger partial charge in [-0.25, -0.2) is 4.79 Å². The minimum atomic E-state index is -1.21. The lowest BCUT2D eigenvalue weighted by molar-refractivity contribution is 0.0696. The first-order valence-corrected chi connectivity index (χ1v) is 3.41. The van der Waals surface area contributed by atoms with E-state index in [9.17, 15) is 9.59 Å². The monoisotopic (exact) mass is 175 g/mol. The van der Waals surface area contributed by atoms with Gasteiger partial charge in [0.05, 0.1) is 11.1 Å². The van der Waals surface area contributed by atoms with Crippen LogP contribution in [0, 0.1) is 11.3 Å². The molecule has 0 heterocycles. The normalized spacial score (nSPS) is 8.85. The predicted octanol–water partition coefficient (Wildman–Crippen LogP) is 1.07. The van der Waals surface area contributed by atoms with Crippen LogP contribution in [0.15, 0.2) is 18.2 Å². The summed E-state index contributed by atoms with van der Waals surface area (Å²) in [7, 11) is 0. The van der Waals surface area contributed by atoms with Gasteiger partial charge in [-0.05, 0) is 12.1 Å². The average Bonchev–Trinajstić information content (AvgIpc) is 2.16. The Bertz CT molecular complexity index is 404. The van der Waals surface area contributed by atoms with Gasteiger partial charge in [0.15, 0.2) is 0 Å². The molecule has 0 aliphatic heterocycles. The Morgan fingerprint density at radius 2 is 2.23 bits per heavy atom. The highest BCUT2D eigenvalue weighted by molar-refractivity contribution is 5.92. The van der Waals surface area contributed by atoms with Crippen LogP contribution in [-0.2, 0) is 0 Å². The van der Waals surface area contributed by atoms with Gasteiger partial charge in [-0.3, -0.25) is 4.79 Å². The lowest BCUT2D eigenvalue weighted by Crippen LogP contribution is -2.01. The molecule has 0 fully saturated rings. The number of carboxylic acids is 1. The van der Waals surface area contributed by atoms with Gasteiger partial charge in [0, 0.05) is 5.56 Å². The molecule has 0 bridgehead atoms. The van der Waals surface area contributed by atoms with Gasteiger partial charge in [0.2, 0.25) is 0 Å². The van der Waals surface area contributed by atoms with E-state index in [4.69, 9.17) is 10.4 Å². The number of carbonyl (C=O) groups is 2. The molecule has 4 heteroatoms. The van der Waals surface area contributed by atoms with E-state index in [-0.39, 0.29) is 16.7 Å². The van der Waals surface area contributed by atoms with Crippen molar-refractivity contribution in [2.45, 2.75) is 0 Å². The van der Waals surface area contributed by atoms with Gasteiger partial charge < -0.3 is 5.11 Å². The van der Waals surface area contributed by atoms with Crippen molar-refractivity contribution in [3.8, 4) is 6.07 Å². The second kappa shape index (κ2) is 3.50. The fourth-order valence-electron chi connectivity index (χ4n) is 0.910. The van der Waals surface area contributed by atoms with Crippen LogP contribution < -0.4 is 0 Å². The van der Waals surface area contributed by atoms with Crippen LogP contribution in [0.4, 0.5) is 0 Å². The molecule has 1 aromatic carbocycles. The van der Waals surface area contributed by atoms with E-state index in [0.29, 0.717) is 6.29 Å². The van der Waals surface area contributed by atoms with Crippen molar-refractivity contribution < 1.29 is 14.7 Å². The Labute approximate surface area is 74.0 Å².